The maximum Gasteiger partial charge on any atom is 0.0733 e. The molecule has 106 valence electrons. The van der Waals surface area contributed by atoms with E-state index in [1.807, 2.05) is 0 Å². The van der Waals surface area contributed by atoms with Crippen molar-refractivity contribution in [1.29, 1.82) is 0 Å². The molecule has 1 heterocycles. The molecule has 1 aromatic carbocycles. The Hall–Kier alpha value is -1.06. The largest absolute Gasteiger partial charge is 0.380 e. The lowest BCUT2D eigenvalue weighted by Gasteiger charge is -2.42. The van der Waals surface area contributed by atoms with Gasteiger partial charge < -0.3 is 15.0 Å². The van der Waals surface area contributed by atoms with Gasteiger partial charge in [0.05, 0.1) is 6.61 Å². The standard InChI is InChI=1S/C16H26N2O/c1-16(2,3)15-11-18(10-9-17-15)14-8-6-5-7-13(14)12-19-4/h5-8,15,17H,9-12H2,1-4H3. The van der Waals surface area contributed by atoms with Crippen molar-refractivity contribution in [3.63, 3.8) is 0 Å². The van der Waals surface area contributed by atoms with E-state index < -0.39 is 0 Å². The molecule has 0 spiro atoms. The van der Waals surface area contributed by atoms with Crippen molar-refractivity contribution in [2.24, 2.45) is 5.41 Å². The molecule has 0 bridgehead atoms. The van der Waals surface area contributed by atoms with E-state index in [-0.39, 0.29) is 5.41 Å². The summed E-state index contributed by atoms with van der Waals surface area (Å²) in [6.07, 6.45) is 0. The molecular weight excluding hydrogens is 236 g/mol. The van der Waals surface area contributed by atoms with Gasteiger partial charge in [-0.2, -0.15) is 0 Å². The lowest BCUT2D eigenvalue weighted by atomic mass is 9.85. The van der Waals surface area contributed by atoms with Crippen LogP contribution in [0.15, 0.2) is 24.3 Å². The van der Waals surface area contributed by atoms with Gasteiger partial charge in [-0.3, -0.25) is 0 Å². The van der Waals surface area contributed by atoms with Gasteiger partial charge in [-0.05, 0) is 11.5 Å². The fourth-order valence-electron chi connectivity index (χ4n) is 2.65. The van der Waals surface area contributed by atoms with Crippen LogP contribution in [-0.2, 0) is 11.3 Å². The van der Waals surface area contributed by atoms with Gasteiger partial charge in [-0.1, -0.05) is 39.0 Å². The normalized spacial score (nSPS) is 20.6. The van der Waals surface area contributed by atoms with Gasteiger partial charge in [-0.15, -0.1) is 0 Å². The van der Waals surface area contributed by atoms with E-state index in [4.69, 9.17) is 4.74 Å². The van der Waals surface area contributed by atoms with Crippen LogP contribution in [0.2, 0.25) is 0 Å². The zero-order chi connectivity index (χ0) is 13.9. The van der Waals surface area contributed by atoms with Crippen LogP contribution in [-0.4, -0.2) is 32.8 Å². The van der Waals surface area contributed by atoms with Crippen molar-refractivity contribution in [3.8, 4) is 0 Å². The predicted molar refractivity (Wildman–Crippen MR) is 80.6 cm³/mol. The third-order valence-corrected chi connectivity index (χ3v) is 3.85. The van der Waals surface area contributed by atoms with Crippen molar-refractivity contribution in [1.82, 2.24) is 5.32 Å². The second kappa shape index (κ2) is 5.93. The summed E-state index contributed by atoms with van der Waals surface area (Å²) in [4.78, 5) is 2.49. The van der Waals surface area contributed by atoms with Crippen molar-refractivity contribution in [2.45, 2.75) is 33.4 Å². The summed E-state index contributed by atoms with van der Waals surface area (Å²) < 4.78 is 5.31. The molecule has 0 radical (unpaired) electrons. The summed E-state index contributed by atoms with van der Waals surface area (Å²) >= 11 is 0. The maximum atomic E-state index is 5.31. The van der Waals surface area contributed by atoms with Crippen LogP contribution >= 0.6 is 0 Å². The number of nitrogens with zero attached hydrogens (tertiary/aromatic N) is 1. The smallest absolute Gasteiger partial charge is 0.0733 e. The van der Waals surface area contributed by atoms with Gasteiger partial charge >= 0.3 is 0 Å². The lowest BCUT2D eigenvalue weighted by Crippen LogP contribution is -2.56. The Labute approximate surface area is 116 Å². The minimum Gasteiger partial charge on any atom is -0.380 e. The fraction of sp³-hybridized carbons (Fsp3) is 0.625. The summed E-state index contributed by atoms with van der Waals surface area (Å²) in [7, 11) is 1.76. The van der Waals surface area contributed by atoms with Crippen molar-refractivity contribution < 1.29 is 4.74 Å². The van der Waals surface area contributed by atoms with Crippen LogP contribution in [0.3, 0.4) is 0 Å². The number of hydrogen-bond acceptors (Lipinski definition) is 3. The Bertz CT molecular complexity index is 411. The molecule has 0 aliphatic carbocycles. The highest BCUT2D eigenvalue weighted by molar-refractivity contribution is 5.54. The molecule has 3 heteroatoms. The molecule has 3 nitrogen and oxygen atoms in total. The second-order valence-corrected chi connectivity index (χ2v) is 6.38. The van der Waals surface area contributed by atoms with Gasteiger partial charge in [0.25, 0.3) is 0 Å². The molecule has 1 aromatic rings. The van der Waals surface area contributed by atoms with Crippen molar-refractivity contribution in [3.05, 3.63) is 29.8 Å². The summed E-state index contributed by atoms with van der Waals surface area (Å²) in [6.45, 7) is 10.8. The van der Waals surface area contributed by atoms with Crippen LogP contribution < -0.4 is 10.2 Å². The average Bonchev–Trinajstić information content (AvgIpc) is 2.39. The first-order valence-corrected chi connectivity index (χ1v) is 7.07. The molecule has 0 saturated carbocycles. The topological polar surface area (TPSA) is 24.5 Å². The fourth-order valence-corrected chi connectivity index (χ4v) is 2.65. The van der Waals surface area contributed by atoms with Gasteiger partial charge in [0.15, 0.2) is 0 Å². The Morgan fingerprint density at radius 3 is 2.74 bits per heavy atom. The monoisotopic (exact) mass is 262 g/mol. The number of para-hydroxylation sites is 1. The number of nitrogens with one attached hydrogen (secondary N) is 1. The predicted octanol–water partition coefficient (Wildman–Crippen LogP) is 2.66. The second-order valence-electron chi connectivity index (χ2n) is 6.38. The first kappa shape index (κ1) is 14.4. The number of piperazine rings is 1. The zero-order valence-electron chi connectivity index (χ0n) is 12.6. The number of rotatable bonds is 3. The zero-order valence-corrected chi connectivity index (χ0v) is 12.6. The van der Waals surface area contributed by atoms with Crippen LogP contribution in [0.4, 0.5) is 5.69 Å². The summed E-state index contributed by atoms with van der Waals surface area (Å²) in [6, 6.07) is 9.09. The lowest BCUT2D eigenvalue weighted by molar-refractivity contribution is 0.184. The van der Waals surface area contributed by atoms with Crippen molar-refractivity contribution in [2.75, 3.05) is 31.6 Å². The molecule has 1 N–H and O–H groups in total. The van der Waals surface area contributed by atoms with Crippen LogP contribution in [0.1, 0.15) is 26.3 Å². The summed E-state index contributed by atoms with van der Waals surface area (Å²) in [5.74, 6) is 0. The molecule has 1 saturated heterocycles. The molecule has 19 heavy (non-hydrogen) atoms. The first-order valence-electron chi connectivity index (χ1n) is 7.07. The van der Waals surface area contributed by atoms with E-state index in [0.717, 1.165) is 19.6 Å². The van der Waals surface area contributed by atoms with E-state index in [0.29, 0.717) is 12.6 Å². The van der Waals surface area contributed by atoms with Crippen LogP contribution in [0, 0.1) is 5.41 Å². The highest BCUT2D eigenvalue weighted by Gasteiger charge is 2.29. The third-order valence-electron chi connectivity index (χ3n) is 3.85. The SMILES string of the molecule is COCc1ccccc1N1CCNC(C(C)(C)C)C1. The molecule has 0 aromatic heterocycles. The van der Waals surface area contributed by atoms with E-state index in [1.54, 1.807) is 7.11 Å². The molecule has 2 rings (SSSR count). The minimum atomic E-state index is 0.287. The summed E-state index contributed by atoms with van der Waals surface area (Å²) in [5, 5.41) is 3.64. The highest BCUT2D eigenvalue weighted by atomic mass is 16.5. The molecule has 1 unspecified atom stereocenters. The maximum absolute atomic E-state index is 5.31. The molecule has 1 atom stereocenters. The number of hydrogen-bond donors (Lipinski definition) is 1. The minimum absolute atomic E-state index is 0.287. The molecule has 1 aliphatic heterocycles. The Kier molecular flexibility index (Phi) is 4.48. The van der Waals surface area contributed by atoms with Crippen LogP contribution in [0.25, 0.3) is 0 Å². The van der Waals surface area contributed by atoms with E-state index in [2.05, 4.69) is 55.3 Å². The Morgan fingerprint density at radius 1 is 1.32 bits per heavy atom. The van der Waals surface area contributed by atoms with Gasteiger partial charge in [0.2, 0.25) is 0 Å². The number of methoxy groups -OCH3 is 1. The first-order chi connectivity index (χ1) is 9.02. The van der Waals surface area contributed by atoms with Crippen molar-refractivity contribution >= 4 is 5.69 Å². The van der Waals surface area contributed by atoms with Gasteiger partial charge in [0, 0.05) is 44.0 Å². The Balaban J connectivity index is 2.17. The molecule has 0 amide bonds. The highest BCUT2D eigenvalue weighted by Crippen LogP contribution is 2.27. The van der Waals surface area contributed by atoms with Crippen LogP contribution in [0.5, 0.6) is 0 Å². The quantitative estimate of drug-likeness (QED) is 0.906. The van der Waals surface area contributed by atoms with Gasteiger partial charge in [0.1, 0.15) is 0 Å². The molecule has 1 fully saturated rings. The number of benzene rings is 1. The Morgan fingerprint density at radius 2 is 2.05 bits per heavy atom. The summed E-state index contributed by atoms with van der Waals surface area (Å²) in [5.41, 5.74) is 2.88. The number of anilines is 1. The van der Waals surface area contributed by atoms with E-state index in [1.165, 1.54) is 11.3 Å². The third kappa shape index (κ3) is 3.48. The van der Waals surface area contributed by atoms with E-state index in [9.17, 15) is 0 Å². The van der Waals surface area contributed by atoms with E-state index >= 15 is 0 Å². The molecular formula is C16H26N2O. The molecule has 1 aliphatic rings. The number of ether oxygens (including phenoxy) is 1. The average molecular weight is 262 g/mol. The van der Waals surface area contributed by atoms with Gasteiger partial charge in [-0.25, -0.2) is 0 Å².